The Hall–Kier alpha value is -2.71. The van der Waals surface area contributed by atoms with Crippen molar-refractivity contribution in [2.24, 2.45) is 0 Å². The van der Waals surface area contributed by atoms with Gasteiger partial charge in [-0.25, -0.2) is 9.37 Å². The summed E-state index contributed by atoms with van der Waals surface area (Å²) in [5.74, 6) is -1.68. The van der Waals surface area contributed by atoms with Crippen LogP contribution in [-0.4, -0.2) is 22.6 Å². The molecule has 0 aliphatic rings. The van der Waals surface area contributed by atoms with Gasteiger partial charge < -0.3 is 0 Å². The number of halogens is 1. The minimum absolute atomic E-state index is 0.0817. The number of rotatable bonds is 5. The van der Waals surface area contributed by atoms with Gasteiger partial charge in [0.15, 0.2) is 4.34 Å². The molecule has 27 heavy (non-hydrogen) atoms. The predicted molar refractivity (Wildman–Crippen MR) is 105 cm³/mol. The van der Waals surface area contributed by atoms with Gasteiger partial charge in [-0.15, -0.1) is 11.3 Å². The van der Waals surface area contributed by atoms with E-state index < -0.39 is 17.6 Å². The van der Waals surface area contributed by atoms with Gasteiger partial charge in [0.1, 0.15) is 5.82 Å². The van der Waals surface area contributed by atoms with E-state index in [2.05, 4.69) is 15.8 Å². The fourth-order valence-corrected chi connectivity index (χ4v) is 3.82. The standard InChI is InChI=1S/C19H16FN3O2S2/c1-12-6-8-13(9-7-12)16-10-26-19(21-16)27-11-17(24)22-23-18(25)14-4-2-3-5-15(14)20/h2-10H,11H2,1H3,(H,22,24)(H,23,25). The Morgan fingerprint density at radius 2 is 1.85 bits per heavy atom. The van der Waals surface area contributed by atoms with E-state index in [-0.39, 0.29) is 11.3 Å². The van der Waals surface area contributed by atoms with Crippen LogP contribution in [0.25, 0.3) is 11.3 Å². The Kier molecular flexibility index (Phi) is 6.20. The van der Waals surface area contributed by atoms with Crippen LogP contribution in [0, 0.1) is 12.7 Å². The maximum atomic E-state index is 13.5. The molecule has 2 aromatic carbocycles. The van der Waals surface area contributed by atoms with Crippen molar-refractivity contribution < 1.29 is 14.0 Å². The van der Waals surface area contributed by atoms with E-state index in [1.165, 1.54) is 46.9 Å². The molecule has 1 heterocycles. The molecule has 0 radical (unpaired) electrons. The van der Waals surface area contributed by atoms with Crippen LogP contribution in [0.2, 0.25) is 0 Å². The number of aromatic nitrogens is 1. The van der Waals surface area contributed by atoms with Gasteiger partial charge in [0.25, 0.3) is 5.91 Å². The first-order valence-corrected chi connectivity index (χ1v) is 9.88. The Morgan fingerprint density at radius 3 is 2.59 bits per heavy atom. The number of amides is 2. The number of nitrogens with one attached hydrogen (secondary N) is 2. The largest absolute Gasteiger partial charge is 0.272 e. The summed E-state index contributed by atoms with van der Waals surface area (Å²) in [4.78, 5) is 28.2. The monoisotopic (exact) mass is 401 g/mol. The number of hydrogen-bond acceptors (Lipinski definition) is 5. The first-order chi connectivity index (χ1) is 13.0. The molecule has 3 rings (SSSR count). The molecule has 0 aliphatic heterocycles. The number of hydrogen-bond donors (Lipinski definition) is 2. The first-order valence-electron chi connectivity index (χ1n) is 8.02. The molecule has 2 N–H and O–H groups in total. The highest BCUT2D eigenvalue weighted by molar-refractivity contribution is 8.01. The fraction of sp³-hybridized carbons (Fsp3) is 0.105. The van der Waals surface area contributed by atoms with E-state index in [4.69, 9.17) is 0 Å². The minimum Gasteiger partial charge on any atom is -0.272 e. The third-order valence-electron chi connectivity index (χ3n) is 3.59. The second-order valence-corrected chi connectivity index (χ2v) is 7.72. The number of nitrogens with zero attached hydrogens (tertiary/aromatic N) is 1. The Labute approximate surface area is 164 Å². The van der Waals surface area contributed by atoms with Crippen LogP contribution in [-0.2, 0) is 4.79 Å². The number of carbonyl (C=O) groups excluding carboxylic acids is 2. The van der Waals surface area contributed by atoms with Gasteiger partial charge in [-0.3, -0.25) is 20.4 Å². The molecule has 0 atom stereocenters. The van der Waals surface area contributed by atoms with E-state index in [9.17, 15) is 14.0 Å². The fourth-order valence-electron chi connectivity index (χ4n) is 2.18. The zero-order valence-electron chi connectivity index (χ0n) is 14.4. The minimum atomic E-state index is -0.706. The van der Waals surface area contributed by atoms with Crippen molar-refractivity contribution in [2.75, 3.05) is 5.75 Å². The highest BCUT2D eigenvalue weighted by Gasteiger charge is 2.12. The van der Waals surface area contributed by atoms with Gasteiger partial charge >= 0.3 is 0 Å². The molecule has 1 aromatic heterocycles. The molecule has 138 valence electrons. The Balaban J connectivity index is 1.49. The molecule has 0 bridgehead atoms. The highest BCUT2D eigenvalue weighted by atomic mass is 32.2. The molecule has 5 nitrogen and oxygen atoms in total. The Morgan fingerprint density at radius 1 is 1.11 bits per heavy atom. The van der Waals surface area contributed by atoms with Crippen LogP contribution in [0.3, 0.4) is 0 Å². The lowest BCUT2D eigenvalue weighted by Gasteiger charge is -2.07. The van der Waals surface area contributed by atoms with E-state index in [0.29, 0.717) is 0 Å². The maximum Gasteiger partial charge on any atom is 0.272 e. The number of carbonyl (C=O) groups is 2. The van der Waals surface area contributed by atoms with Crippen LogP contribution in [0.15, 0.2) is 58.3 Å². The SMILES string of the molecule is Cc1ccc(-c2csc(SCC(=O)NNC(=O)c3ccccc3F)n2)cc1. The third kappa shape index (κ3) is 5.15. The second kappa shape index (κ2) is 8.79. The summed E-state index contributed by atoms with van der Waals surface area (Å²) < 4.78 is 14.3. The topological polar surface area (TPSA) is 71.1 Å². The maximum absolute atomic E-state index is 13.5. The lowest BCUT2D eigenvalue weighted by Crippen LogP contribution is -2.42. The molecule has 0 saturated heterocycles. The van der Waals surface area contributed by atoms with E-state index in [1.54, 1.807) is 6.07 Å². The normalized spacial score (nSPS) is 10.4. The van der Waals surface area contributed by atoms with Crippen molar-refractivity contribution in [1.82, 2.24) is 15.8 Å². The van der Waals surface area contributed by atoms with Crippen molar-refractivity contribution in [3.8, 4) is 11.3 Å². The number of aryl methyl sites for hydroxylation is 1. The third-order valence-corrected chi connectivity index (χ3v) is 5.61. The molecular formula is C19H16FN3O2S2. The average Bonchev–Trinajstić information content (AvgIpc) is 3.14. The predicted octanol–water partition coefficient (Wildman–Crippen LogP) is 3.81. The number of hydrazine groups is 1. The smallest absolute Gasteiger partial charge is 0.272 e. The van der Waals surface area contributed by atoms with Crippen LogP contribution in [0.5, 0.6) is 0 Å². The van der Waals surface area contributed by atoms with Crippen LogP contribution < -0.4 is 10.9 Å². The first kappa shape index (κ1) is 19.1. The van der Waals surface area contributed by atoms with Crippen LogP contribution >= 0.6 is 23.1 Å². The molecule has 0 saturated carbocycles. The zero-order valence-corrected chi connectivity index (χ0v) is 16.0. The van der Waals surface area contributed by atoms with E-state index in [1.807, 2.05) is 36.6 Å². The molecule has 2 amide bonds. The van der Waals surface area contributed by atoms with E-state index >= 15 is 0 Å². The number of thiazole rings is 1. The van der Waals surface area contributed by atoms with Gasteiger partial charge in [0, 0.05) is 10.9 Å². The van der Waals surface area contributed by atoms with Crippen molar-refractivity contribution in [3.05, 3.63) is 70.9 Å². The quantitative estimate of drug-likeness (QED) is 0.504. The summed E-state index contributed by atoms with van der Waals surface area (Å²) in [5.41, 5.74) is 7.40. The Bertz CT molecular complexity index is 958. The molecule has 0 fully saturated rings. The van der Waals surface area contributed by atoms with Gasteiger partial charge in [-0.1, -0.05) is 53.7 Å². The molecule has 0 spiro atoms. The molecule has 8 heteroatoms. The lowest BCUT2D eigenvalue weighted by molar-refractivity contribution is -0.119. The summed E-state index contributed by atoms with van der Waals surface area (Å²) in [6.45, 7) is 2.02. The number of benzene rings is 2. The average molecular weight is 401 g/mol. The molecule has 0 unspecified atom stereocenters. The molecular weight excluding hydrogens is 385 g/mol. The van der Waals surface area contributed by atoms with Crippen LogP contribution in [0.4, 0.5) is 4.39 Å². The summed E-state index contributed by atoms with van der Waals surface area (Å²) in [6.07, 6.45) is 0. The van der Waals surface area contributed by atoms with E-state index in [0.717, 1.165) is 15.6 Å². The summed E-state index contributed by atoms with van der Waals surface area (Å²) in [7, 11) is 0. The summed E-state index contributed by atoms with van der Waals surface area (Å²) in [6, 6.07) is 13.6. The second-order valence-electron chi connectivity index (χ2n) is 5.64. The van der Waals surface area contributed by atoms with Crippen LogP contribution in [0.1, 0.15) is 15.9 Å². The number of thioether (sulfide) groups is 1. The van der Waals surface area contributed by atoms with Gasteiger partial charge in [-0.2, -0.15) is 0 Å². The zero-order chi connectivity index (χ0) is 19.2. The van der Waals surface area contributed by atoms with Gasteiger partial charge in [-0.05, 0) is 19.1 Å². The van der Waals surface area contributed by atoms with Crippen molar-refractivity contribution in [2.45, 2.75) is 11.3 Å². The van der Waals surface area contributed by atoms with Crippen molar-refractivity contribution >= 4 is 34.9 Å². The van der Waals surface area contributed by atoms with Gasteiger partial charge in [0.05, 0.1) is 17.0 Å². The molecule has 0 aliphatic carbocycles. The summed E-state index contributed by atoms with van der Waals surface area (Å²) in [5, 5.41) is 1.94. The highest BCUT2D eigenvalue weighted by Crippen LogP contribution is 2.28. The van der Waals surface area contributed by atoms with Crippen molar-refractivity contribution in [3.63, 3.8) is 0 Å². The van der Waals surface area contributed by atoms with Gasteiger partial charge in [0.2, 0.25) is 5.91 Å². The lowest BCUT2D eigenvalue weighted by atomic mass is 10.1. The summed E-state index contributed by atoms with van der Waals surface area (Å²) >= 11 is 2.72. The van der Waals surface area contributed by atoms with Crippen molar-refractivity contribution in [1.29, 1.82) is 0 Å². The molecule has 3 aromatic rings.